The summed E-state index contributed by atoms with van der Waals surface area (Å²) in [6.07, 6.45) is 4.78. The van der Waals surface area contributed by atoms with Crippen LogP contribution in [0, 0.1) is 5.41 Å². The van der Waals surface area contributed by atoms with Crippen molar-refractivity contribution in [3.63, 3.8) is 0 Å². The van der Waals surface area contributed by atoms with Gasteiger partial charge in [0.1, 0.15) is 0 Å². The monoisotopic (exact) mass is 228 g/mol. The highest BCUT2D eigenvalue weighted by molar-refractivity contribution is 4.84. The minimum atomic E-state index is 0.183. The SMILES string of the molecule is CCCCC(N)CNC(C)(C)CC(C)(C)C. The number of hydrogen-bond donors (Lipinski definition) is 2. The van der Waals surface area contributed by atoms with E-state index in [2.05, 4.69) is 46.9 Å². The van der Waals surface area contributed by atoms with Gasteiger partial charge in [-0.1, -0.05) is 40.5 Å². The Balaban J connectivity index is 3.89. The largest absolute Gasteiger partial charge is 0.327 e. The van der Waals surface area contributed by atoms with E-state index in [4.69, 9.17) is 5.73 Å². The lowest BCUT2D eigenvalue weighted by atomic mass is 9.81. The van der Waals surface area contributed by atoms with Crippen molar-refractivity contribution in [2.24, 2.45) is 11.1 Å². The summed E-state index contributed by atoms with van der Waals surface area (Å²) in [4.78, 5) is 0. The Kier molecular flexibility index (Phi) is 6.57. The van der Waals surface area contributed by atoms with Crippen molar-refractivity contribution in [3.05, 3.63) is 0 Å². The van der Waals surface area contributed by atoms with Crippen LogP contribution < -0.4 is 11.1 Å². The average Bonchev–Trinajstić information content (AvgIpc) is 2.07. The summed E-state index contributed by atoms with van der Waals surface area (Å²) in [5.74, 6) is 0. The molecule has 0 saturated heterocycles. The van der Waals surface area contributed by atoms with Crippen molar-refractivity contribution in [1.29, 1.82) is 0 Å². The third-order valence-electron chi connectivity index (χ3n) is 2.74. The summed E-state index contributed by atoms with van der Waals surface area (Å²) < 4.78 is 0. The van der Waals surface area contributed by atoms with Crippen LogP contribution in [0.15, 0.2) is 0 Å². The van der Waals surface area contributed by atoms with Crippen LogP contribution in [-0.4, -0.2) is 18.1 Å². The highest BCUT2D eigenvalue weighted by Gasteiger charge is 2.25. The van der Waals surface area contributed by atoms with Gasteiger partial charge < -0.3 is 11.1 Å². The predicted molar refractivity (Wildman–Crippen MR) is 73.7 cm³/mol. The van der Waals surface area contributed by atoms with E-state index in [0.717, 1.165) is 13.0 Å². The Morgan fingerprint density at radius 1 is 1.12 bits per heavy atom. The molecule has 1 unspecified atom stereocenters. The van der Waals surface area contributed by atoms with E-state index in [0.29, 0.717) is 11.5 Å². The maximum absolute atomic E-state index is 6.07. The Morgan fingerprint density at radius 2 is 1.69 bits per heavy atom. The third-order valence-corrected chi connectivity index (χ3v) is 2.74. The number of hydrogen-bond acceptors (Lipinski definition) is 2. The van der Waals surface area contributed by atoms with E-state index in [9.17, 15) is 0 Å². The highest BCUT2D eigenvalue weighted by atomic mass is 15.0. The molecule has 0 aromatic rings. The zero-order valence-corrected chi connectivity index (χ0v) is 12.2. The Labute approximate surface area is 102 Å². The second-order valence-electron chi connectivity index (χ2n) is 6.90. The standard InChI is InChI=1S/C14H32N2/c1-7-8-9-12(15)10-16-14(5,6)11-13(2,3)4/h12,16H,7-11,15H2,1-6H3. The van der Waals surface area contributed by atoms with Crippen LogP contribution in [0.25, 0.3) is 0 Å². The minimum absolute atomic E-state index is 0.183. The Bertz CT molecular complexity index is 180. The van der Waals surface area contributed by atoms with Gasteiger partial charge in [-0.15, -0.1) is 0 Å². The molecular formula is C14H32N2. The number of nitrogens with one attached hydrogen (secondary N) is 1. The summed E-state index contributed by atoms with van der Waals surface area (Å²) in [5, 5.41) is 3.60. The van der Waals surface area contributed by atoms with Gasteiger partial charge in [-0.3, -0.25) is 0 Å². The molecule has 0 aliphatic heterocycles. The van der Waals surface area contributed by atoms with Gasteiger partial charge in [0.25, 0.3) is 0 Å². The van der Waals surface area contributed by atoms with Crippen molar-refractivity contribution < 1.29 is 0 Å². The van der Waals surface area contributed by atoms with Crippen LogP contribution in [0.3, 0.4) is 0 Å². The van der Waals surface area contributed by atoms with Gasteiger partial charge in [-0.2, -0.15) is 0 Å². The maximum atomic E-state index is 6.07. The molecule has 0 aromatic carbocycles. The zero-order valence-electron chi connectivity index (χ0n) is 12.2. The summed E-state index contributed by atoms with van der Waals surface area (Å²) in [6.45, 7) is 14.5. The van der Waals surface area contributed by atoms with Crippen molar-refractivity contribution in [3.8, 4) is 0 Å². The smallest absolute Gasteiger partial charge is 0.0165 e. The molecule has 0 rings (SSSR count). The molecule has 2 nitrogen and oxygen atoms in total. The van der Waals surface area contributed by atoms with Crippen molar-refractivity contribution >= 4 is 0 Å². The summed E-state index contributed by atoms with van der Waals surface area (Å²) in [6, 6.07) is 0.305. The van der Waals surface area contributed by atoms with Gasteiger partial charge in [0.15, 0.2) is 0 Å². The summed E-state index contributed by atoms with van der Waals surface area (Å²) in [5.41, 5.74) is 6.62. The van der Waals surface area contributed by atoms with E-state index in [1.165, 1.54) is 19.3 Å². The van der Waals surface area contributed by atoms with Crippen LogP contribution in [0.4, 0.5) is 0 Å². The molecule has 0 saturated carbocycles. The Morgan fingerprint density at radius 3 is 2.12 bits per heavy atom. The number of unbranched alkanes of at least 4 members (excludes halogenated alkanes) is 1. The number of nitrogens with two attached hydrogens (primary N) is 1. The first-order valence-electron chi connectivity index (χ1n) is 6.67. The van der Waals surface area contributed by atoms with E-state index >= 15 is 0 Å². The Hall–Kier alpha value is -0.0800. The minimum Gasteiger partial charge on any atom is -0.327 e. The molecule has 1 atom stereocenters. The van der Waals surface area contributed by atoms with Crippen LogP contribution in [0.1, 0.15) is 67.2 Å². The molecule has 0 heterocycles. The lowest BCUT2D eigenvalue weighted by molar-refractivity contribution is 0.238. The molecule has 3 N–H and O–H groups in total. The fourth-order valence-corrected chi connectivity index (χ4v) is 2.36. The fraction of sp³-hybridized carbons (Fsp3) is 1.00. The maximum Gasteiger partial charge on any atom is 0.0165 e. The molecule has 0 spiro atoms. The second-order valence-corrected chi connectivity index (χ2v) is 6.90. The fourth-order valence-electron chi connectivity index (χ4n) is 2.36. The predicted octanol–water partition coefficient (Wildman–Crippen LogP) is 3.31. The second kappa shape index (κ2) is 6.61. The van der Waals surface area contributed by atoms with Gasteiger partial charge in [0.05, 0.1) is 0 Å². The summed E-state index contributed by atoms with van der Waals surface area (Å²) >= 11 is 0. The van der Waals surface area contributed by atoms with Crippen molar-refractivity contribution in [2.75, 3.05) is 6.54 Å². The summed E-state index contributed by atoms with van der Waals surface area (Å²) in [7, 11) is 0. The van der Waals surface area contributed by atoms with Gasteiger partial charge in [-0.25, -0.2) is 0 Å². The third kappa shape index (κ3) is 9.17. The van der Waals surface area contributed by atoms with Crippen LogP contribution in [0.2, 0.25) is 0 Å². The molecule has 0 amide bonds. The van der Waals surface area contributed by atoms with E-state index in [-0.39, 0.29) is 5.54 Å². The zero-order chi connectivity index (χ0) is 12.8. The number of rotatable bonds is 7. The first-order valence-corrected chi connectivity index (χ1v) is 6.67. The highest BCUT2D eigenvalue weighted by Crippen LogP contribution is 2.26. The van der Waals surface area contributed by atoms with E-state index in [1.807, 2.05) is 0 Å². The molecule has 0 radical (unpaired) electrons. The molecule has 0 aromatic heterocycles. The van der Waals surface area contributed by atoms with Gasteiger partial charge >= 0.3 is 0 Å². The lowest BCUT2D eigenvalue weighted by Gasteiger charge is -2.34. The van der Waals surface area contributed by atoms with Gasteiger partial charge in [0, 0.05) is 18.1 Å². The first-order chi connectivity index (χ1) is 7.16. The molecule has 0 bridgehead atoms. The molecule has 0 aliphatic carbocycles. The average molecular weight is 228 g/mol. The van der Waals surface area contributed by atoms with E-state index in [1.54, 1.807) is 0 Å². The molecular weight excluding hydrogens is 196 g/mol. The first kappa shape index (κ1) is 15.9. The van der Waals surface area contributed by atoms with Crippen LogP contribution in [0.5, 0.6) is 0 Å². The van der Waals surface area contributed by atoms with Crippen molar-refractivity contribution in [1.82, 2.24) is 5.32 Å². The topological polar surface area (TPSA) is 38.0 Å². The molecule has 0 fully saturated rings. The van der Waals surface area contributed by atoms with Crippen LogP contribution in [-0.2, 0) is 0 Å². The lowest BCUT2D eigenvalue weighted by Crippen LogP contribution is -2.47. The van der Waals surface area contributed by atoms with Gasteiger partial charge in [-0.05, 0) is 32.1 Å². The van der Waals surface area contributed by atoms with Gasteiger partial charge in [0.2, 0.25) is 0 Å². The van der Waals surface area contributed by atoms with E-state index < -0.39 is 0 Å². The molecule has 2 heteroatoms. The normalized spacial score (nSPS) is 15.2. The molecule has 0 aliphatic rings. The quantitative estimate of drug-likeness (QED) is 0.701. The molecule has 16 heavy (non-hydrogen) atoms. The van der Waals surface area contributed by atoms with Crippen LogP contribution >= 0.6 is 0 Å². The molecule has 98 valence electrons. The van der Waals surface area contributed by atoms with Crippen molar-refractivity contribution in [2.45, 2.75) is 78.8 Å².